The first kappa shape index (κ1) is 3.03. The molecule has 1 aliphatic rings. The maximum atomic E-state index is 7.72. The first-order chi connectivity index (χ1) is 6.41. The lowest BCUT2D eigenvalue weighted by atomic mass is 10.2. The minimum absolute atomic E-state index is 0.131. The Balaban J connectivity index is 2.44. The fourth-order valence-corrected chi connectivity index (χ4v) is 0.976. The third-order valence-corrected chi connectivity index (χ3v) is 1.49. The summed E-state index contributed by atoms with van der Waals surface area (Å²) in [5, 5.41) is 7.35. The van der Waals surface area contributed by atoms with Crippen molar-refractivity contribution in [1.82, 2.24) is 14.8 Å². The minimum atomic E-state index is -1.57. The van der Waals surface area contributed by atoms with Gasteiger partial charge in [-0.2, -0.15) is 0 Å². The molecule has 0 N–H and O–H groups in total. The van der Waals surface area contributed by atoms with E-state index in [1.54, 1.807) is 0 Å². The standard InChI is InChI=1S/C7H11N3/c1-2-4-7-9-8-6-10(7)5-3-1/h6H,1-5H2/i2D2,5D2. The summed E-state index contributed by atoms with van der Waals surface area (Å²) in [6.07, 6.45) is 0.451. The van der Waals surface area contributed by atoms with Crippen molar-refractivity contribution in [3.63, 3.8) is 0 Å². The zero-order chi connectivity index (χ0) is 10.4. The van der Waals surface area contributed by atoms with Crippen molar-refractivity contribution >= 4 is 0 Å². The molecule has 1 aromatic heterocycles. The molecular weight excluding hydrogens is 126 g/mol. The second-order valence-electron chi connectivity index (χ2n) is 2.20. The van der Waals surface area contributed by atoms with Gasteiger partial charge in [0.15, 0.2) is 0 Å². The molecule has 1 aromatic rings. The molecular formula is C7H11N3. The lowest BCUT2D eigenvalue weighted by Gasteiger charge is -1.97. The number of hydrogen-bond acceptors (Lipinski definition) is 2. The molecule has 54 valence electrons. The zero-order valence-corrected chi connectivity index (χ0v) is 5.54. The van der Waals surface area contributed by atoms with Gasteiger partial charge in [-0.1, -0.05) is 6.42 Å². The van der Waals surface area contributed by atoms with Gasteiger partial charge in [-0.25, -0.2) is 0 Å². The molecule has 0 bridgehead atoms. The molecule has 0 atom stereocenters. The van der Waals surface area contributed by atoms with Gasteiger partial charge in [0.25, 0.3) is 0 Å². The Kier molecular flexibility index (Phi) is 0.728. The largest absolute Gasteiger partial charge is 0.318 e. The highest BCUT2D eigenvalue weighted by molar-refractivity contribution is 4.87. The maximum Gasteiger partial charge on any atom is 0.132 e. The van der Waals surface area contributed by atoms with Crippen LogP contribution >= 0.6 is 0 Å². The Morgan fingerprint density at radius 1 is 1.60 bits per heavy atom. The maximum absolute atomic E-state index is 7.72. The van der Waals surface area contributed by atoms with Crippen LogP contribution in [0.4, 0.5) is 0 Å². The Bertz CT molecular complexity index is 346. The quantitative estimate of drug-likeness (QED) is 0.539. The van der Waals surface area contributed by atoms with Crippen LogP contribution in [0.15, 0.2) is 6.33 Å². The fourth-order valence-electron chi connectivity index (χ4n) is 0.976. The second-order valence-corrected chi connectivity index (χ2v) is 2.20. The molecule has 0 radical (unpaired) electrons. The molecule has 3 heteroatoms. The van der Waals surface area contributed by atoms with Gasteiger partial charge < -0.3 is 4.57 Å². The van der Waals surface area contributed by atoms with Crippen LogP contribution in [0.3, 0.4) is 0 Å². The van der Waals surface area contributed by atoms with E-state index in [0.717, 1.165) is 0 Å². The second kappa shape index (κ2) is 2.40. The van der Waals surface area contributed by atoms with Gasteiger partial charge in [0.2, 0.25) is 0 Å². The van der Waals surface area contributed by atoms with Crippen molar-refractivity contribution in [2.75, 3.05) is 0 Å². The van der Waals surface area contributed by atoms with Gasteiger partial charge >= 0.3 is 0 Å². The van der Waals surface area contributed by atoms with Gasteiger partial charge in [0, 0.05) is 18.4 Å². The molecule has 0 unspecified atom stereocenters. The van der Waals surface area contributed by atoms with E-state index in [1.807, 2.05) is 0 Å². The molecule has 0 fully saturated rings. The summed E-state index contributed by atoms with van der Waals surface area (Å²) in [5.74, 6) is 0.387. The van der Waals surface area contributed by atoms with Gasteiger partial charge in [0.05, 0.1) is 0 Å². The third-order valence-electron chi connectivity index (χ3n) is 1.49. The number of fused-ring (bicyclic) bond motifs is 1. The molecule has 0 saturated carbocycles. The van der Waals surface area contributed by atoms with Crippen LogP contribution in [-0.4, -0.2) is 14.8 Å². The number of hydrogen-bond donors (Lipinski definition) is 0. The lowest BCUT2D eigenvalue weighted by molar-refractivity contribution is 0.632. The average Bonchev–Trinajstić information content (AvgIpc) is 2.46. The van der Waals surface area contributed by atoms with E-state index in [2.05, 4.69) is 10.2 Å². The Morgan fingerprint density at radius 2 is 2.60 bits per heavy atom. The summed E-state index contributed by atoms with van der Waals surface area (Å²) in [5.41, 5.74) is 0. The number of rotatable bonds is 0. The van der Waals surface area contributed by atoms with E-state index >= 15 is 0 Å². The summed E-state index contributed by atoms with van der Waals surface area (Å²) < 4.78 is 32.0. The minimum Gasteiger partial charge on any atom is -0.318 e. The summed E-state index contributed by atoms with van der Waals surface area (Å²) >= 11 is 0. The molecule has 1 aliphatic heterocycles. The van der Waals surface area contributed by atoms with Crippen LogP contribution in [-0.2, 0) is 12.9 Å². The number of nitrogens with zero attached hydrogens (tertiary/aromatic N) is 3. The molecule has 0 aliphatic carbocycles. The van der Waals surface area contributed by atoms with Crippen molar-refractivity contribution in [3.8, 4) is 0 Å². The van der Waals surface area contributed by atoms with Gasteiger partial charge in [-0.3, -0.25) is 0 Å². The summed E-state index contributed by atoms with van der Waals surface area (Å²) in [6.45, 7) is -1.57. The van der Waals surface area contributed by atoms with Crippen LogP contribution in [0.1, 0.15) is 30.5 Å². The van der Waals surface area contributed by atoms with Crippen molar-refractivity contribution < 1.29 is 5.48 Å². The smallest absolute Gasteiger partial charge is 0.132 e. The molecule has 0 amide bonds. The molecule has 2 rings (SSSR count). The summed E-state index contributed by atoms with van der Waals surface area (Å²) in [4.78, 5) is 0. The Hall–Kier alpha value is -0.860. The van der Waals surface area contributed by atoms with Crippen molar-refractivity contribution in [2.45, 2.75) is 32.1 Å². The zero-order valence-electron chi connectivity index (χ0n) is 9.54. The van der Waals surface area contributed by atoms with Crippen LogP contribution in [0.25, 0.3) is 0 Å². The normalized spacial score (nSPS) is 34.0. The van der Waals surface area contributed by atoms with Crippen LogP contribution in [0.5, 0.6) is 0 Å². The molecule has 0 spiro atoms. The predicted molar refractivity (Wildman–Crippen MR) is 37.6 cm³/mol. The highest BCUT2D eigenvalue weighted by Crippen LogP contribution is 2.10. The van der Waals surface area contributed by atoms with Crippen molar-refractivity contribution in [1.29, 1.82) is 0 Å². The SMILES string of the molecule is [2H]C1([2H])CCC([2H])([2H])n2cnnc2C1. The summed E-state index contributed by atoms with van der Waals surface area (Å²) in [7, 11) is 0. The average molecular weight is 141 g/mol. The Labute approximate surface area is 65.7 Å². The van der Waals surface area contributed by atoms with E-state index < -0.39 is 12.9 Å². The predicted octanol–water partition coefficient (Wildman–Crippen LogP) is 1.00. The molecule has 10 heavy (non-hydrogen) atoms. The summed E-state index contributed by atoms with van der Waals surface area (Å²) in [6, 6.07) is 0. The van der Waals surface area contributed by atoms with Crippen LogP contribution < -0.4 is 0 Å². The first-order valence-electron chi connectivity index (χ1n) is 5.30. The fraction of sp³-hybridized carbons (Fsp3) is 0.714. The van der Waals surface area contributed by atoms with Crippen molar-refractivity contribution in [3.05, 3.63) is 12.2 Å². The van der Waals surface area contributed by atoms with E-state index in [9.17, 15) is 0 Å². The number of aromatic nitrogens is 3. The van der Waals surface area contributed by atoms with Crippen LogP contribution in [0.2, 0.25) is 0 Å². The topological polar surface area (TPSA) is 30.7 Å². The van der Waals surface area contributed by atoms with E-state index in [1.165, 1.54) is 10.9 Å². The van der Waals surface area contributed by atoms with Gasteiger partial charge in [-0.05, 0) is 12.8 Å². The van der Waals surface area contributed by atoms with Gasteiger partial charge in [-0.15, -0.1) is 10.2 Å². The Morgan fingerprint density at radius 3 is 3.60 bits per heavy atom. The highest BCUT2D eigenvalue weighted by atomic mass is 15.3. The van der Waals surface area contributed by atoms with E-state index in [4.69, 9.17) is 5.48 Å². The van der Waals surface area contributed by atoms with Crippen LogP contribution in [0, 0.1) is 0 Å². The van der Waals surface area contributed by atoms with Gasteiger partial charge in [0.1, 0.15) is 12.2 Å². The molecule has 0 saturated heterocycles. The monoisotopic (exact) mass is 141 g/mol. The highest BCUT2D eigenvalue weighted by Gasteiger charge is 2.06. The first-order valence-corrected chi connectivity index (χ1v) is 3.30. The molecule has 3 nitrogen and oxygen atoms in total. The number of aryl methyl sites for hydroxylation is 2. The van der Waals surface area contributed by atoms with Crippen molar-refractivity contribution in [2.24, 2.45) is 0 Å². The molecule has 2 heterocycles. The third kappa shape index (κ3) is 0.916. The van der Waals surface area contributed by atoms with E-state index in [-0.39, 0.29) is 19.3 Å². The molecule has 0 aromatic carbocycles. The van der Waals surface area contributed by atoms with E-state index in [0.29, 0.717) is 5.82 Å². The lowest BCUT2D eigenvalue weighted by Crippen LogP contribution is -1.98.